The topological polar surface area (TPSA) is 92.1 Å². The fourth-order valence-corrected chi connectivity index (χ4v) is 5.27. The molecule has 35 heavy (non-hydrogen) atoms. The fraction of sp³-hybridized carbons (Fsp3) is 0.286. The van der Waals surface area contributed by atoms with Crippen LogP contribution in [-0.2, 0) is 11.2 Å². The highest BCUT2D eigenvalue weighted by Crippen LogP contribution is 2.42. The molecule has 0 aliphatic heterocycles. The number of ether oxygens (including phenoxy) is 1. The number of carbonyl (C=O) groups is 2. The minimum Gasteiger partial charge on any atom is -0.497 e. The van der Waals surface area contributed by atoms with Crippen molar-refractivity contribution in [2.45, 2.75) is 38.1 Å². The zero-order valence-electron chi connectivity index (χ0n) is 20.1. The van der Waals surface area contributed by atoms with Crippen molar-refractivity contribution in [3.8, 4) is 22.9 Å². The lowest BCUT2D eigenvalue weighted by atomic mass is 9.73. The lowest BCUT2D eigenvalue weighted by Crippen LogP contribution is -2.29. The van der Waals surface area contributed by atoms with E-state index in [1.807, 2.05) is 30.3 Å². The van der Waals surface area contributed by atoms with Crippen molar-refractivity contribution in [2.75, 3.05) is 18.2 Å². The maximum absolute atomic E-state index is 13.2. The van der Waals surface area contributed by atoms with Gasteiger partial charge in [-0.2, -0.15) is 5.26 Å². The number of fused-ring (bicyclic) bond motifs is 1. The Balaban J connectivity index is 1.59. The summed E-state index contributed by atoms with van der Waals surface area (Å²) in [6.45, 7) is 4.12. The minimum absolute atomic E-state index is 0.0227. The number of rotatable bonds is 7. The zero-order chi connectivity index (χ0) is 25.0. The number of anilines is 1. The lowest BCUT2D eigenvalue weighted by Gasteiger charge is -2.31. The highest BCUT2D eigenvalue weighted by Gasteiger charge is 2.36. The van der Waals surface area contributed by atoms with Crippen molar-refractivity contribution < 1.29 is 14.3 Å². The maximum atomic E-state index is 13.2. The van der Waals surface area contributed by atoms with E-state index in [1.54, 1.807) is 31.4 Å². The van der Waals surface area contributed by atoms with Crippen molar-refractivity contribution >= 4 is 29.1 Å². The molecule has 0 saturated carbocycles. The van der Waals surface area contributed by atoms with E-state index in [4.69, 9.17) is 9.72 Å². The van der Waals surface area contributed by atoms with Gasteiger partial charge in [0.2, 0.25) is 5.91 Å². The number of pyridine rings is 1. The smallest absolute Gasteiger partial charge is 0.225 e. The first-order valence-electron chi connectivity index (χ1n) is 11.4. The van der Waals surface area contributed by atoms with E-state index in [2.05, 4.69) is 25.2 Å². The molecule has 0 radical (unpaired) electrons. The molecule has 0 atom stereocenters. The molecule has 178 valence electrons. The van der Waals surface area contributed by atoms with Crippen LogP contribution in [0.4, 0.5) is 5.69 Å². The van der Waals surface area contributed by atoms with Crippen molar-refractivity contribution in [1.82, 2.24) is 4.98 Å². The summed E-state index contributed by atoms with van der Waals surface area (Å²) in [6.07, 6.45) is 1.33. The second kappa shape index (κ2) is 10.3. The number of nitriles is 1. The Labute approximate surface area is 209 Å². The Morgan fingerprint density at radius 3 is 2.49 bits per heavy atom. The number of Topliss-reactive ketones (excluding diaryl/α,β-unsaturated/α-hetero) is 1. The molecule has 0 bridgehead atoms. The molecule has 7 heteroatoms. The zero-order valence-corrected chi connectivity index (χ0v) is 20.9. The summed E-state index contributed by atoms with van der Waals surface area (Å²) in [4.78, 5) is 30.4. The number of thioether (sulfide) groups is 1. The number of hydrogen-bond acceptors (Lipinski definition) is 6. The second-order valence-electron chi connectivity index (χ2n) is 9.28. The molecule has 1 aliphatic carbocycles. The van der Waals surface area contributed by atoms with Gasteiger partial charge in [0.05, 0.1) is 18.4 Å². The van der Waals surface area contributed by atoms with Gasteiger partial charge in [-0.05, 0) is 41.7 Å². The van der Waals surface area contributed by atoms with Crippen LogP contribution in [0.1, 0.15) is 48.3 Å². The van der Waals surface area contributed by atoms with E-state index < -0.39 is 0 Å². The van der Waals surface area contributed by atoms with Crippen molar-refractivity contribution in [3.63, 3.8) is 0 Å². The van der Waals surface area contributed by atoms with Crippen LogP contribution in [0.25, 0.3) is 11.1 Å². The number of nitrogens with zero attached hydrogens (tertiary/aromatic N) is 2. The van der Waals surface area contributed by atoms with Crippen LogP contribution in [0, 0.1) is 16.7 Å². The van der Waals surface area contributed by atoms with Gasteiger partial charge < -0.3 is 10.1 Å². The third-order valence-electron chi connectivity index (χ3n) is 5.92. The van der Waals surface area contributed by atoms with Gasteiger partial charge in [0.15, 0.2) is 5.78 Å². The molecular weight excluding hydrogens is 458 g/mol. The van der Waals surface area contributed by atoms with Crippen LogP contribution in [0.15, 0.2) is 59.6 Å². The average molecular weight is 486 g/mol. The Hall–Kier alpha value is -3.63. The third-order valence-corrected chi connectivity index (χ3v) is 6.90. The van der Waals surface area contributed by atoms with Crippen molar-refractivity contribution in [1.29, 1.82) is 5.26 Å². The van der Waals surface area contributed by atoms with Crippen LogP contribution in [0.5, 0.6) is 5.75 Å². The lowest BCUT2D eigenvalue weighted by molar-refractivity contribution is -0.115. The Bertz CT molecular complexity index is 1300. The first-order chi connectivity index (χ1) is 16.8. The quantitative estimate of drug-likeness (QED) is 0.419. The molecule has 0 unspecified atom stereocenters. The molecule has 3 aromatic rings. The summed E-state index contributed by atoms with van der Waals surface area (Å²) in [5.41, 5.74) is 3.67. The Morgan fingerprint density at radius 2 is 1.83 bits per heavy atom. The van der Waals surface area contributed by atoms with Crippen LogP contribution in [-0.4, -0.2) is 29.5 Å². The fourth-order valence-electron chi connectivity index (χ4n) is 4.32. The van der Waals surface area contributed by atoms with E-state index in [0.29, 0.717) is 46.0 Å². The molecule has 1 amide bonds. The molecule has 1 N–H and O–H groups in total. The standard InChI is InChI=1S/C28H27N3O3S/c1-28(2)15-22-26(23(32)16-28)25(18-7-5-4-6-8-18)21(17-29)27(31-22)35-14-13-24(33)30-19-9-11-20(34-3)12-10-19/h4-12H,13-16H2,1-3H3,(H,30,33). The summed E-state index contributed by atoms with van der Waals surface area (Å²) in [7, 11) is 1.59. The van der Waals surface area contributed by atoms with Gasteiger partial charge in [-0.1, -0.05) is 44.2 Å². The van der Waals surface area contributed by atoms with Crippen LogP contribution in [0.2, 0.25) is 0 Å². The van der Waals surface area contributed by atoms with Crippen molar-refractivity contribution in [3.05, 3.63) is 71.4 Å². The van der Waals surface area contributed by atoms with Crippen LogP contribution >= 0.6 is 11.8 Å². The Morgan fingerprint density at radius 1 is 1.11 bits per heavy atom. The van der Waals surface area contributed by atoms with Gasteiger partial charge in [-0.3, -0.25) is 9.59 Å². The number of methoxy groups -OCH3 is 1. The molecule has 4 rings (SSSR count). The number of aromatic nitrogens is 1. The minimum atomic E-state index is -0.195. The predicted octanol–water partition coefficient (Wildman–Crippen LogP) is 5.90. The van der Waals surface area contributed by atoms with Gasteiger partial charge in [-0.15, -0.1) is 11.8 Å². The summed E-state index contributed by atoms with van der Waals surface area (Å²) in [6, 6.07) is 19.0. The summed E-state index contributed by atoms with van der Waals surface area (Å²) < 4.78 is 5.14. The largest absolute Gasteiger partial charge is 0.497 e. The van der Waals surface area contributed by atoms with E-state index in [0.717, 1.165) is 17.0 Å². The highest BCUT2D eigenvalue weighted by molar-refractivity contribution is 7.99. The summed E-state index contributed by atoms with van der Waals surface area (Å²) >= 11 is 1.37. The first kappa shape index (κ1) is 24.5. The third kappa shape index (κ3) is 5.55. The summed E-state index contributed by atoms with van der Waals surface area (Å²) in [5.74, 6) is 1.07. The van der Waals surface area contributed by atoms with Gasteiger partial charge in [0.25, 0.3) is 0 Å². The SMILES string of the molecule is COc1ccc(NC(=O)CCSc2nc3c(c(-c4ccccc4)c2C#N)C(=O)CC(C)(C)C3)cc1. The predicted molar refractivity (Wildman–Crippen MR) is 138 cm³/mol. The van der Waals surface area contributed by atoms with Gasteiger partial charge in [-0.25, -0.2) is 4.98 Å². The van der Waals surface area contributed by atoms with Crippen molar-refractivity contribution in [2.24, 2.45) is 5.41 Å². The number of hydrogen-bond donors (Lipinski definition) is 1. The second-order valence-corrected chi connectivity index (χ2v) is 10.4. The van der Waals surface area contributed by atoms with E-state index >= 15 is 0 Å². The molecule has 2 aromatic carbocycles. The van der Waals surface area contributed by atoms with Crippen LogP contribution < -0.4 is 10.1 Å². The number of nitrogens with one attached hydrogen (secondary N) is 1. The normalized spacial score (nSPS) is 14.1. The van der Waals surface area contributed by atoms with E-state index in [-0.39, 0.29) is 23.5 Å². The van der Waals surface area contributed by atoms with E-state index in [1.165, 1.54) is 11.8 Å². The molecule has 0 saturated heterocycles. The summed E-state index contributed by atoms with van der Waals surface area (Å²) in [5, 5.41) is 13.5. The number of benzene rings is 2. The van der Waals surface area contributed by atoms with Crippen LogP contribution in [0.3, 0.4) is 0 Å². The molecule has 6 nitrogen and oxygen atoms in total. The van der Waals surface area contributed by atoms with Gasteiger partial charge in [0.1, 0.15) is 16.8 Å². The molecule has 1 aromatic heterocycles. The van der Waals surface area contributed by atoms with Gasteiger partial charge in [0, 0.05) is 35.4 Å². The molecule has 0 spiro atoms. The molecule has 1 aliphatic rings. The first-order valence-corrected chi connectivity index (χ1v) is 12.4. The number of amides is 1. The van der Waals surface area contributed by atoms with Gasteiger partial charge >= 0.3 is 0 Å². The maximum Gasteiger partial charge on any atom is 0.225 e. The number of carbonyl (C=O) groups excluding carboxylic acids is 2. The highest BCUT2D eigenvalue weighted by atomic mass is 32.2. The van der Waals surface area contributed by atoms with E-state index in [9.17, 15) is 14.9 Å². The molecule has 1 heterocycles. The molecule has 0 fully saturated rings. The Kier molecular flexibility index (Phi) is 7.23. The molecular formula is C28H27N3O3S. The monoisotopic (exact) mass is 485 g/mol. The average Bonchev–Trinajstić information content (AvgIpc) is 2.83. The number of ketones is 1.